The normalized spacial score (nSPS) is 12.2. The summed E-state index contributed by atoms with van der Waals surface area (Å²) in [5.41, 5.74) is 0. The molecule has 0 aliphatic rings. The summed E-state index contributed by atoms with van der Waals surface area (Å²) in [6.45, 7) is 5.94. The third-order valence-electron chi connectivity index (χ3n) is 2.46. The number of carbonyl (C=O) groups excluding carboxylic acids is 2. The van der Waals surface area contributed by atoms with Crippen LogP contribution in [0, 0.1) is 0 Å². The number of hydrogen-bond acceptors (Lipinski definition) is 7. The molecule has 1 heterocycles. The number of ether oxygens (including phenoxy) is 1. The molecule has 0 saturated carbocycles. The third-order valence-corrected chi connectivity index (χ3v) is 4.95. The molecule has 1 aromatic rings. The second kappa shape index (κ2) is 8.21. The number of carbonyl (C=O) groups is 2. The molecule has 1 N–H and O–H groups in total. The van der Waals surface area contributed by atoms with Crippen molar-refractivity contribution in [2.75, 3.05) is 18.2 Å². The maximum absolute atomic E-state index is 12.1. The Balaban J connectivity index is 2.55. The molecular formula is C12H19N3O3S2. The molecule has 1 amide bonds. The van der Waals surface area contributed by atoms with Gasteiger partial charge in [-0.2, -0.15) is 0 Å². The molecule has 0 saturated heterocycles. The second-order valence-corrected chi connectivity index (χ2v) is 6.57. The predicted octanol–water partition coefficient (Wildman–Crippen LogP) is 2.28. The summed E-state index contributed by atoms with van der Waals surface area (Å²) in [5.74, 6) is -0.0450. The van der Waals surface area contributed by atoms with Crippen molar-refractivity contribution in [1.82, 2.24) is 10.2 Å². The van der Waals surface area contributed by atoms with Crippen molar-refractivity contribution < 1.29 is 14.3 Å². The van der Waals surface area contributed by atoms with Crippen LogP contribution in [-0.4, -0.2) is 40.2 Å². The van der Waals surface area contributed by atoms with Gasteiger partial charge in [-0.15, -0.1) is 22.0 Å². The van der Waals surface area contributed by atoms with Gasteiger partial charge in [-0.3, -0.25) is 14.9 Å². The first-order valence-electron chi connectivity index (χ1n) is 6.30. The van der Waals surface area contributed by atoms with Gasteiger partial charge in [-0.05, 0) is 6.42 Å². The van der Waals surface area contributed by atoms with Crippen molar-refractivity contribution in [1.29, 1.82) is 0 Å². The molecule has 0 radical (unpaired) electrons. The van der Waals surface area contributed by atoms with Crippen LogP contribution in [0.2, 0.25) is 0 Å². The zero-order valence-electron chi connectivity index (χ0n) is 12.0. The highest BCUT2D eigenvalue weighted by Gasteiger charge is 2.20. The lowest BCUT2D eigenvalue weighted by atomic mass is 10.2. The fraction of sp³-hybridized carbons (Fsp3) is 0.667. The Bertz CT molecular complexity index is 463. The van der Waals surface area contributed by atoms with Crippen LogP contribution in [0.1, 0.15) is 38.1 Å². The number of nitrogens with one attached hydrogen (secondary N) is 1. The number of amides is 1. The number of methoxy groups -OCH3 is 1. The quantitative estimate of drug-likeness (QED) is 0.777. The molecule has 0 aliphatic heterocycles. The van der Waals surface area contributed by atoms with Crippen LogP contribution in [-0.2, 0) is 14.3 Å². The van der Waals surface area contributed by atoms with Crippen molar-refractivity contribution in [2.24, 2.45) is 0 Å². The van der Waals surface area contributed by atoms with Gasteiger partial charge in [0.05, 0.1) is 18.1 Å². The van der Waals surface area contributed by atoms with E-state index in [9.17, 15) is 9.59 Å². The van der Waals surface area contributed by atoms with E-state index < -0.39 is 0 Å². The zero-order valence-corrected chi connectivity index (χ0v) is 13.6. The average Bonchev–Trinajstić information content (AvgIpc) is 2.87. The molecule has 1 aromatic heterocycles. The van der Waals surface area contributed by atoms with Crippen LogP contribution < -0.4 is 5.32 Å². The predicted molar refractivity (Wildman–Crippen MR) is 81.2 cm³/mol. The van der Waals surface area contributed by atoms with Gasteiger partial charge in [0.2, 0.25) is 11.0 Å². The van der Waals surface area contributed by atoms with E-state index in [1.54, 1.807) is 0 Å². The Hall–Kier alpha value is -1.15. The lowest BCUT2D eigenvalue weighted by Gasteiger charge is -2.12. The fourth-order valence-corrected chi connectivity index (χ4v) is 2.96. The number of thioether (sulfide) groups is 1. The summed E-state index contributed by atoms with van der Waals surface area (Å²) in [5, 5.41) is 11.8. The number of hydrogen-bond donors (Lipinski definition) is 1. The smallest absolute Gasteiger partial charge is 0.315 e. The first-order chi connectivity index (χ1) is 9.47. The number of anilines is 1. The molecule has 1 rings (SSSR count). The van der Waals surface area contributed by atoms with E-state index in [1.165, 1.54) is 30.2 Å². The first kappa shape index (κ1) is 16.9. The molecule has 0 aliphatic carbocycles. The minimum Gasteiger partial charge on any atom is -0.468 e. The minimum atomic E-state index is -0.334. The fourth-order valence-electron chi connectivity index (χ4n) is 1.31. The summed E-state index contributed by atoms with van der Waals surface area (Å²) in [4.78, 5) is 23.2. The summed E-state index contributed by atoms with van der Waals surface area (Å²) in [7, 11) is 1.33. The standard InChI is InChI=1S/C12H19N3O3S2/c1-5-8(19-6-9(16)18-4)10(17)13-12-15-14-11(20-12)7(2)3/h7-8H,5-6H2,1-4H3,(H,13,15,17)/t8-/m0/s1. The maximum Gasteiger partial charge on any atom is 0.315 e. The van der Waals surface area contributed by atoms with Gasteiger partial charge in [0, 0.05) is 5.92 Å². The molecule has 0 bridgehead atoms. The molecule has 8 heteroatoms. The lowest BCUT2D eigenvalue weighted by Crippen LogP contribution is -2.25. The van der Waals surface area contributed by atoms with Gasteiger partial charge in [0.15, 0.2) is 0 Å². The Labute approximate surface area is 126 Å². The first-order valence-corrected chi connectivity index (χ1v) is 8.17. The maximum atomic E-state index is 12.1. The van der Waals surface area contributed by atoms with Crippen LogP contribution >= 0.6 is 23.1 Å². The average molecular weight is 317 g/mol. The summed E-state index contributed by atoms with van der Waals surface area (Å²) < 4.78 is 4.56. The van der Waals surface area contributed by atoms with E-state index in [0.717, 1.165) is 5.01 Å². The molecule has 0 aromatic carbocycles. The molecule has 0 unspecified atom stereocenters. The Morgan fingerprint density at radius 1 is 1.40 bits per heavy atom. The SMILES string of the molecule is CC[C@H](SCC(=O)OC)C(=O)Nc1nnc(C(C)C)s1. The topological polar surface area (TPSA) is 81.2 Å². The van der Waals surface area contributed by atoms with E-state index >= 15 is 0 Å². The molecule has 0 fully saturated rings. The number of aromatic nitrogens is 2. The van der Waals surface area contributed by atoms with Gasteiger partial charge in [-0.1, -0.05) is 32.1 Å². The molecule has 6 nitrogen and oxygen atoms in total. The van der Waals surface area contributed by atoms with Crippen molar-refractivity contribution in [2.45, 2.75) is 38.4 Å². The van der Waals surface area contributed by atoms with E-state index in [2.05, 4.69) is 20.3 Å². The highest BCUT2D eigenvalue weighted by atomic mass is 32.2. The van der Waals surface area contributed by atoms with Crippen LogP contribution in [0.3, 0.4) is 0 Å². The van der Waals surface area contributed by atoms with Crippen LogP contribution in [0.5, 0.6) is 0 Å². The Morgan fingerprint density at radius 3 is 2.60 bits per heavy atom. The number of esters is 1. The second-order valence-electron chi connectivity index (χ2n) is 4.37. The molecule has 0 spiro atoms. The number of nitrogens with zero attached hydrogens (tertiary/aromatic N) is 2. The zero-order chi connectivity index (χ0) is 15.1. The van der Waals surface area contributed by atoms with Gasteiger partial charge in [0.1, 0.15) is 5.01 Å². The van der Waals surface area contributed by atoms with Crippen molar-refractivity contribution in [3.8, 4) is 0 Å². The largest absolute Gasteiger partial charge is 0.468 e. The van der Waals surface area contributed by atoms with Crippen LogP contribution in [0.25, 0.3) is 0 Å². The summed E-state index contributed by atoms with van der Waals surface area (Å²) >= 11 is 2.64. The highest BCUT2D eigenvalue weighted by Crippen LogP contribution is 2.24. The van der Waals surface area contributed by atoms with E-state index in [-0.39, 0.29) is 28.8 Å². The van der Waals surface area contributed by atoms with Crippen molar-refractivity contribution in [3.63, 3.8) is 0 Å². The summed E-state index contributed by atoms with van der Waals surface area (Å²) in [6.07, 6.45) is 0.628. The van der Waals surface area contributed by atoms with Gasteiger partial charge in [0.25, 0.3) is 0 Å². The third kappa shape index (κ3) is 5.09. The van der Waals surface area contributed by atoms with Crippen LogP contribution in [0.15, 0.2) is 0 Å². The summed E-state index contributed by atoms with van der Waals surface area (Å²) in [6, 6.07) is 0. The minimum absolute atomic E-state index is 0.159. The van der Waals surface area contributed by atoms with Crippen molar-refractivity contribution in [3.05, 3.63) is 5.01 Å². The monoisotopic (exact) mass is 317 g/mol. The van der Waals surface area contributed by atoms with E-state index in [1.807, 2.05) is 20.8 Å². The molecule has 112 valence electrons. The van der Waals surface area contributed by atoms with Crippen molar-refractivity contribution >= 4 is 40.1 Å². The lowest BCUT2D eigenvalue weighted by molar-refractivity contribution is -0.137. The molecular weight excluding hydrogens is 298 g/mol. The Morgan fingerprint density at radius 2 is 2.10 bits per heavy atom. The van der Waals surface area contributed by atoms with E-state index in [0.29, 0.717) is 11.6 Å². The Kier molecular flexibility index (Phi) is 6.94. The highest BCUT2D eigenvalue weighted by molar-refractivity contribution is 8.01. The number of rotatable bonds is 7. The van der Waals surface area contributed by atoms with Gasteiger partial charge in [-0.25, -0.2) is 0 Å². The molecule has 20 heavy (non-hydrogen) atoms. The van der Waals surface area contributed by atoms with E-state index in [4.69, 9.17) is 0 Å². The molecule has 1 atom stereocenters. The van der Waals surface area contributed by atoms with Crippen LogP contribution in [0.4, 0.5) is 5.13 Å². The van der Waals surface area contributed by atoms with Gasteiger partial charge >= 0.3 is 5.97 Å². The van der Waals surface area contributed by atoms with Gasteiger partial charge < -0.3 is 4.74 Å².